The lowest BCUT2D eigenvalue weighted by Crippen LogP contribution is -2.37. The summed E-state index contributed by atoms with van der Waals surface area (Å²) in [6.45, 7) is 1.19. The number of esters is 1. The molecule has 1 heterocycles. The number of hydrogen-bond acceptors (Lipinski definition) is 7. The van der Waals surface area contributed by atoms with E-state index in [0.29, 0.717) is 13.1 Å². The maximum atomic E-state index is 12.1. The number of carbonyl (C=O) groups excluding carboxylic acids is 1. The number of benzene rings is 1. The summed E-state index contributed by atoms with van der Waals surface area (Å²) in [6.07, 6.45) is 4.07. The number of carbonyl (C=O) groups is 1. The summed E-state index contributed by atoms with van der Waals surface area (Å²) < 4.78 is 4.69. The maximum Gasteiger partial charge on any atom is 0.340 e. The average Bonchev–Trinajstić information content (AvgIpc) is 3.31. The summed E-state index contributed by atoms with van der Waals surface area (Å²) in [6, 6.07) is 1.97. The molecule has 24 heavy (non-hydrogen) atoms. The highest BCUT2D eigenvalue weighted by molar-refractivity contribution is 5.99. The van der Waals surface area contributed by atoms with Gasteiger partial charge in [-0.25, -0.2) is 4.79 Å². The van der Waals surface area contributed by atoms with Crippen molar-refractivity contribution in [2.24, 2.45) is 5.41 Å². The van der Waals surface area contributed by atoms with E-state index >= 15 is 0 Å². The minimum Gasteiger partial charge on any atom is -0.465 e. The number of piperidine rings is 1. The highest BCUT2D eigenvalue weighted by atomic mass is 16.6. The van der Waals surface area contributed by atoms with Crippen LogP contribution < -0.4 is 4.90 Å². The van der Waals surface area contributed by atoms with Crippen LogP contribution >= 0.6 is 0 Å². The van der Waals surface area contributed by atoms with E-state index in [0.717, 1.165) is 44.9 Å². The van der Waals surface area contributed by atoms with Crippen molar-refractivity contribution in [2.45, 2.75) is 25.7 Å². The molecule has 1 aliphatic carbocycles. The van der Waals surface area contributed by atoms with Gasteiger partial charge in [-0.05, 0) is 31.1 Å². The molecular weight excluding hydrogens is 318 g/mol. The van der Waals surface area contributed by atoms with Crippen molar-refractivity contribution in [2.75, 3.05) is 25.1 Å². The van der Waals surface area contributed by atoms with Gasteiger partial charge in [-0.15, -0.1) is 0 Å². The second-order valence-electron chi connectivity index (χ2n) is 6.39. The molecule has 2 fully saturated rings. The van der Waals surface area contributed by atoms with Crippen LogP contribution in [0.5, 0.6) is 0 Å². The SMILES string of the molecule is COC(=O)c1cc([N+](=O)[O-])cc([N+](=O)[O-])c1N1CCCC2(CC2)C1. The van der Waals surface area contributed by atoms with Crippen molar-refractivity contribution in [3.8, 4) is 0 Å². The molecule has 0 unspecified atom stereocenters. The van der Waals surface area contributed by atoms with Crippen LogP contribution in [0.3, 0.4) is 0 Å². The fourth-order valence-electron chi connectivity index (χ4n) is 3.43. The Morgan fingerprint density at radius 3 is 2.46 bits per heavy atom. The number of methoxy groups -OCH3 is 1. The van der Waals surface area contributed by atoms with E-state index in [-0.39, 0.29) is 16.7 Å². The molecule has 0 radical (unpaired) electrons. The average molecular weight is 335 g/mol. The summed E-state index contributed by atoms with van der Waals surface area (Å²) >= 11 is 0. The van der Waals surface area contributed by atoms with Crippen molar-refractivity contribution in [3.63, 3.8) is 0 Å². The zero-order valence-electron chi connectivity index (χ0n) is 13.2. The zero-order chi connectivity index (χ0) is 17.5. The Morgan fingerprint density at radius 1 is 1.21 bits per heavy atom. The molecule has 0 N–H and O–H groups in total. The van der Waals surface area contributed by atoms with Crippen LogP contribution in [-0.2, 0) is 4.74 Å². The third-order valence-corrected chi connectivity index (χ3v) is 4.82. The summed E-state index contributed by atoms with van der Waals surface area (Å²) in [5, 5.41) is 22.5. The topological polar surface area (TPSA) is 116 Å². The van der Waals surface area contributed by atoms with Crippen molar-refractivity contribution >= 4 is 23.0 Å². The van der Waals surface area contributed by atoms with E-state index < -0.39 is 27.2 Å². The number of rotatable bonds is 4. The second kappa shape index (κ2) is 5.73. The van der Waals surface area contributed by atoms with Crippen LogP contribution in [0.2, 0.25) is 0 Å². The number of nitro benzene ring substituents is 2. The Kier molecular flexibility index (Phi) is 3.86. The molecule has 0 amide bonds. The van der Waals surface area contributed by atoms with Gasteiger partial charge in [0.15, 0.2) is 0 Å². The first-order chi connectivity index (χ1) is 11.4. The predicted molar refractivity (Wildman–Crippen MR) is 84.2 cm³/mol. The smallest absolute Gasteiger partial charge is 0.340 e. The number of non-ortho nitro benzene ring substituents is 1. The molecule has 1 spiro atoms. The summed E-state index contributed by atoms with van der Waals surface area (Å²) in [4.78, 5) is 35.0. The normalized spacial score (nSPS) is 18.3. The first-order valence-corrected chi connectivity index (χ1v) is 7.67. The number of hydrogen-bond donors (Lipinski definition) is 0. The lowest BCUT2D eigenvalue weighted by Gasteiger charge is -2.35. The Morgan fingerprint density at radius 2 is 1.92 bits per heavy atom. The Balaban J connectivity index is 2.15. The molecule has 1 aromatic rings. The van der Waals surface area contributed by atoms with Gasteiger partial charge < -0.3 is 9.64 Å². The molecule has 0 atom stereocenters. The van der Waals surface area contributed by atoms with Crippen LogP contribution in [0, 0.1) is 25.6 Å². The predicted octanol–water partition coefficient (Wildman–Crippen LogP) is 2.67. The summed E-state index contributed by atoms with van der Waals surface area (Å²) in [5.74, 6) is -0.813. The van der Waals surface area contributed by atoms with Gasteiger partial charge in [0, 0.05) is 19.2 Å². The van der Waals surface area contributed by atoms with Crippen LogP contribution in [0.25, 0.3) is 0 Å². The lowest BCUT2D eigenvalue weighted by atomic mass is 9.93. The Bertz CT molecular complexity index is 728. The number of ether oxygens (including phenoxy) is 1. The fraction of sp³-hybridized carbons (Fsp3) is 0.533. The molecule has 1 saturated heterocycles. The second-order valence-corrected chi connectivity index (χ2v) is 6.39. The van der Waals surface area contributed by atoms with Crippen molar-refractivity contribution in [1.29, 1.82) is 0 Å². The van der Waals surface area contributed by atoms with Gasteiger partial charge in [0.25, 0.3) is 11.4 Å². The van der Waals surface area contributed by atoms with Gasteiger partial charge in [-0.1, -0.05) is 0 Å². The Hall–Kier alpha value is -2.71. The molecule has 3 rings (SSSR count). The van der Waals surface area contributed by atoms with Gasteiger partial charge in [0.1, 0.15) is 5.69 Å². The molecule has 1 saturated carbocycles. The zero-order valence-corrected chi connectivity index (χ0v) is 13.2. The van der Waals surface area contributed by atoms with Gasteiger partial charge in [-0.3, -0.25) is 20.2 Å². The lowest BCUT2D eigenvalue weighted by molar-refractivity contribution is -0.393. The molecule has 1 aromatic carbocycles. The number of anilines is 1. The minimum atomic E-state index is -0.813. The summed E-state index contributed by atoms with van der Waals surface area (Å²) in [5.41, 5.74) is -0.757. The van der Waals surface area contributed by atoms with Crippen LogP contribution in [0.15, 0.2) is 12.1 Å². The van der Waals surface area contributed by atoms with Gasteiger partial charge >= 0.3 is 5.97 Å². The molecule has 9 nitrogen and oxygen atoms in total. The van der Waals surface area contributed by atoms with Crippen molar-refractivity contribution in [1.82, 2.24) is 0 Å². The van der Waals surface area contributed by atoms with Crippen molar-refractivity contribution in [3.05, 3.63) is 37.9 Å². The Labute approximate surface area is 137 Å². The van der Waals surface area contributed by atoms with E-state index in [9.17, 15) is 25.0 Å². The first-order valence-electron chi connectivity index (χ1n) is 7.67. The molecule has 128 valence electrons. The minimum absolute atomic E-state index is 0.128. The highest BCUT2D eigenvalue weighted by Gasteiger charge is 2.47. The molecule has 2 aliphatic rings. The molecule has 1 aliphatic heterocycles. The largest absolute Gasteiger partial charge is 0.465 e. The van der Waals surface area contributed by atoms with Crippen LogP contribution in [0.4, 0.5) is 17.1 Å². The molecule has 0 bridgehead atoms. The van der Waals surface area contributed by atoms with E-state index in [2.05, 4.69) is 0 Å². The van der Waals surface area contributed by atoms with Gasteiger partial charge in [-0.2, -0.15) is 0 Å². The molecular formula is C15H17N3O6. The van der Waals surface area contributed by atoms with Gasteiger partial charge in [0.05, 0.1) is 28.6 Å². The third kappa shape index (κ3) is 2.77. The standard InChI is InChI=1S/C15H17N3O6/c1-24-14(19)11-7-10(17(20)21)8-12(18(22)23)13(11)16-6-2-3-15(9-16)4-5-15/h7-8H,2-6,9H2,1H3. The quantitative estimate of drug-likeness (QED) is 0.472. The van der Waals surface area contributed by atoms with Crippen LogP contribution in [0.1, 0.15) is 36.0 Å². The van der Waals surface area contributed by atoms with Crippen molar-refractivity contribution < 1.29 is 19.4 Å². The third-order valence-electron chi connectivity index (χ3n) is 4.82. The maximum absolute atomic E-state index is 12.1. The number of nitro groups is 2. The molecule has 0 aromatic heterocycles. The summed E-state index contributed by atoms with van der Waals surface area (Å²) in [7, 11) is 1.15. The van der Waals surface area contributed by atoms with Gasteiger partial charge in [0.2, 0.25) is 0 Å². The van der Waals surface area contributed by atoms with E-state index in [4.69, 9.17) is 4.74 Å². The first kappa shape index (κ1) is 16.2. The fourth-order valence-corrected chi connectivity index (χ4v) is 3.43. The number of nitrogens with zero attached hydrogens (tertiary/aromatic N) is 3. The highest BCUT2D eigenvalue weighted by Crippen LogP contribution is 2.53. The van der Waals surface area contributed by atoms with E-state index in [1.54, 1.807) is 0 Å². The monoisotopic (exact) mass is 335 g/mol. The van der Waals surface area contributed by atoms with Crippen LogP contribution in [-0.4, -0.2) is 36.0 Å². The molecule has 9 heteroatoms. The van der Waals surface area contributed by atoms with E-state index in [1.807, 2.05) is 4.90 Å². The van der Waals surface area contributed by atoms with E-state index in [1.165, 1.54) is 0 Å².